The molecule has 1 amide bonds. The molecule has 1 aliphatic carbocycles. The summed E-state index contributed by atoms with van der Waals surface area (Å²) in [5, 5.41) is 15.0. The molecular formula is C15H19BrN2O3. The zero-order valence-corrected chi connectivity index (χ0v) is 13.2. The first kappa shape index (κ1) is 16.0. The van der Waals surface area contributed by atoms with Crippen LogP contribution in [0.5, 0.6) is 0 Å². The first-order valence-corrected chi connectivity index (χ1v) is 7.85. The predicted molar refractivity (Wildman–Crippen MR) is 84.1 cm³/mol. The van der Waals surface area contributed by atoms with Gasteiger partial charge in [0.2, 0.25) is 5.91 Å². The van der Waals surface area contributed by atoms with Gasteiger partial charge in [0.05, 0.1) is 18.2 Å². The standard InChI is InChI=1S/C15H19BrN2O3/c16-12-6-1-2-7-13(12)18-14(19)9-17-8-10-4-3-5-11(10)15(20)21/h1-2,6-7,10-11,17H,3-5,8-9H2,(H,18,19)(H,20,21). The van der Waals surface area contributed by atoms with E-state index < -0.39 is 5.97 Å². The summed E-state index contributed by atoms with van der Waals surface area (Å²) in [7, 11) is 0. The lowest BCUT2D eigenvalue weighted by molar-refractivity contribution is -0.142. The van der Waals surface area contributed by atoms with E-state index in [-0.39, 0.29) is 24.3 Å². The van der Waals surface area contributed by atoms with Gasteiger partial charge >= 0.3 is 5.97 Å². The van der Waals surface area contributed by atoms with Gasteiger partial charge in [0.25, 0.3) is 0 Å². The van der Waals surface area contributed by atoms with Gasteiger partial charge in [-0.2, -0.15) is 0 Å². The van der Waals surface area contributed by atoms with Gasteiger partial charge in [-0.25, -0.2) is 0 Å². The monoisotopic (exact) mass is 354 g/mol. The maximum absolute atomic E-state index is 11.8. The van der Waals surface area contributed by atoms with Crippen molar-refractivity contribution in [2.45, 2.75) is 19.3 Å². The fraction of sp³-hybridized carbons (Fsp3) is 0.467. The highest BCUT2D eigenvalue weighted by molar-refractivity contribution is 9.10. The molecule has 1 aromatic rings. The van der Waals surface area contributed by atoms with Gasteiger partial charge in [-0.15, -0.1) is 0 Å². The smallest absolute Gasteiger partial charge is 0.306 e. The van der Waals surface area contributed by atoms with Crippen molar-refractivity contribution in [3.8, 4) is 0 Å². The zero-order valence-electron chi connectivity index (χ0n) is 11.6. The van der Waals surface area contributed by atoms with Crippen molar-refractivity contribution in [3.05, 3.63) is 28.7 Å². The number of anilines is 1. The number of carbonyl (C=O) groups excluding carboxylic acids is 1. The summed E-state index contributed by atoms with van der Waals surface area (Å²) in [5.74, 6) is -1.01. The van der Waals surface area contributed by atoms with Crippen LogP contribution in [0.15, 0.2) is 28.7 Å². The summed E-state index contributed by atoms with van der Waals surface area (Å²) in [6.45, 7) is 0.754. The Balaban J connectivity index is 1.75. The molecule has 0 spiro atoms. The average molecular weight is 355 g/mol. The molecule has 2 atom stereocenters. The van der Waals surface area contributed by atoms with Crippen LogP contribution in [0.4, 0.5) is 5.69 Å². The van der Waals surface area contributed by atoms with Crippen molar-refractivity contribution in [2.75, 3.05) is 18.4 Å². The molecule has 1 saturated carbocycles. The normalized spacial score (nSPS) is 21.2. The Labute approximate surface area is 132 Å². The first-order valence-electron chi connectivity index (χ1n) is 7.06. The van der Waals surface area contributed by atoms with Crippen LogP contribution in [0.2, 0.25) is 0 Å². The lowest BCUT2D eigenvalue weighted by atomic mass is 9.96. The molecule has 0 bridgehead atoms. The Morgan fingerprint density at radius 1 is 1.29 bits per heavy atom. The van der Waals surface area contributed by atoms with E-state index >= 15 is 0 Å². The molecule has 0 radical (unpaired) electrons. The van der Waals surface area contributed by atoms with E-state index in [0.717, 1.165) is 29.4 Å². The second kappa shape index (κ2) is 7.56. The highest BCUT2D eigenvalue weighted by atomic mass is 79.9. The van der Waals surface area contributed by atoms with Gasteiger partial charge in [-0.1, -0.05) is 18.6 Å². The van der Waals surface area contributed by atoms with Crippen LogP contribution in [0.25, 0.3) is 0 Å². The maximum atomic E-state index is 11.8. The van der Waals surface area contributed by atoms with E-state index in [4.69, 9.17) is 5.11 Å². The third kappa shape index (κ3) is 4.54. The first-order chi connectivity index (χ1) is 10.1. The molecule has 0 aliphatic heterocycles. The number of hydrogen-bond donors (Lipinski definition) is 3. The topological polar surface area (TPSA) is 78.4 Å². The van der Waals surface area contributed by atoms with Crippen LogP contribution in [0.3, 0.4) is 0 Å². The molecule has 21 heavy (non-hydrogen) atoms. The van der Waals surface area contributed by atoms with Gasteiger partial charge in [0.15, 0.2) is 0 Å². The highest BCUT2D eigenvalue weighted by Gasteiger charge is 2.32. The van der Waals surface area contributed by atoms with Crippen molar-refractivity contribution in [3.63, 3.8) is 0 Å². The SMILES string of the molecule is O=C(CNCC1CCCC1C(=O)O)Nc1ccccc1Br. The van der Waals surface area contributed by atoms with Crippen LogP contribution in [0.1, 0.15) is 19.3 Å². The van der Waals surface area contributed by atoms with Gasteiger partial charge in [0, 0.05) is 4.47 Å². The molecule has 1 aliphatic rings. The molecule has 1 aromatic carbocycles. The van der Waals surface area contributed by atoms with Crippen molar-refractivity contribution in [2.24, 2.45) is 11.8 Å². The van der Waals surface area contributed by atoms with E-state index in [1.54, 1.807) is 0 Å². The fourth-order valence-electron chi connectivity index (χ4n) is 2.73. The molecule has 3 N–H and O–H groups in total. The second-order valence-corrected chi connectivity index (χ2v) is 6.15. The van der Waals surface area contributed by atoms with E-state index in [1.165, 1.54) is 0 Å². The molecular weight excluding hydrogens is 336 g/mol. The van der Waals surface area contributed by atoms with E-state index in [2.05, 4.69) is 26.6 Å². The Kier molecular flexibility index (Phi) is 5.76. The van der Waals surface area contributed by atoms with Crippen LogP contribution >= 0.6 is 15.9 Å². The molecule has 2 unspecified atom stereocenters. The number of carboxylic acid groups (broad SMARTS) is 1. The number of aliphatic carboxylic acids is 1. The quantitative estimate of drug-likeness (QED) is 0.733. The number of halogens is 1. The third-order valence-electron chi connectivity index (χ3n) is 3.82. The number of amides is 1. The summed E-state index contributed by atoms with van der Waals surface area (Å²) in [6.07, 6.45) is 2.60. The molecule has 0 aromatic heterocycles. The Morgan fingerprint density at radius 3 is 2.76 bits per heavy atom. The van der Waals surface area contributed by atoms with Crippen molar-refractivity contribution in [1.29, 1.82) is 0 Å². The third-order valence-corrected chi connectivity index (χ3v) is 4.51. The Hall–Kier alpha value is -1.40. The highest BCUT2D eigenvalue weighted by Crippen LogP contribution is 2.31. The minimum absolute atomic E-state index is 0.124. The van der Waals surface area contributed by atoms with Crippen molar-refractivity contribution < 1.29 is 14.7 Å². The molecule has 1 fully saturated rings. The van der Waals surface area contributed by atoms with E-state index in [1.807, 2.05) is 24.3 Å². The van der Waals surface area contributed by atoms with Crippen LogP contribution in [-0.2, 0) is 9.59 Å². The average Bonchev–Trinajstić information content (AvgIpc) is 2.90. The largest absolute Gasteiger partial charge is 0.481 e. The van der Waals surface area contributed by atoms with E-state index in [9.17, 15) is 9.59 Å². The zero-order chi connectivity index (χ0) is 15.2. The number of nitrogens with one attached hydrogen (secondary N) is 2. The lowest BCUT2D eigenvalue weighted by Gasteiger charge is -2.16. The van der Waals surface area contributed by atoms with Gasteiger partial charge in [0.1, 0.15) is 0 Å². The summed E-state index contributed by atoms with van der Waals surface area (Å²) < 4.78 is 0.833. The lowest BCUT2D eigenvalue weighted by Crippen LogP contribution is -2.34. The molecule has 6 heteroatoms. The number of hydrogen-bond acceptors (Lipinski definition) is 3. The van der Waals surface area contributed by atoms with Gasteiger partial charge < -0.3 is 15.7 Å². The van der Waals surface area contributed by atoms with E-state index in [0.29, 0.717) is 6.54 Å². The minimum Gasteiger partial charge on any atom is -0.481 e. The molecule has 114 valence electrons. The summed E-state index contributed by atoms with van der Waals surface area (Å²) in [4.78, 5) is 22.9. The maximum Gasteiger partial charge on any atom is 0.306 e. The van der Waals surface area contributed by atoms with Crippen LogP contribution in [-0.4, -0.2) is 30.1 Å². The molecule has 0 saturated heterocycles. The van der Waals surface area contributed by atoms with Crippen LogP contribution in [0, 0.1) is 11.8 Å². The summed E-state index contributed by atoms with van der Waals surface area (Å²) in [5.41, 5.74) is 0.730. The Bertz CT molecular complexity index is 521. The Morgan fingerprint density at radius 2 is 2.05 bits per heavy atom. The molecule has 2 rings (SSSR count). The number of para-hydroxylation sites is 1. The van der Waals surface area contributed by atoms with Crippen LogP contribution < -0.4 is 10.6 Å². The summed E-state index contributed by atoms with van der Waals surface area (Å²) >= 11 is 3.37. The van der Waals surface area contributed by atoms with Gasteiger partial charge in [-0.05, 0) is 53.4 Å². The van der Waals surface area contributed by atoms with Crippen molar-refractivity contribution >= 4 is 33.5 Å². The van der Waals surface area contributed by atoms with Gasteiger partial charge in [-0.3, -0.25) is 9.59 Å². The number of rotatable bonds is 6. The summed E-state index contributed by atoms with van der Waals surface area (Å²) in [6, 6.07) is 7.41. The number of benzene rings is 1. The molecule has 5 nitrogen and oxygen atoms in total. The predicted octanol–water partition coefficient (Wildman–Crippen LogP) is 2.48. The molecule has 0 heterocycles. The number of carboxylic acids is 1. The van der Waals surface area contributed by atoms with Crippen molar-refractivity contribution in [1.82, 2.24) is 5.32 Å². The number of carbonyl (C=O) groups is 2. The fourth-order valence-corrected chi connectivity index (χ4v) is 3.12. The second-order valence-electron chi connectivity index (χ2n) is 5.29. The minimum atomic E-state index is -0.725.